The minimum absolute atomic E-state index is 0.549. The van der Waals surface area contributed by atoms with Crippen LogP contribution in [0.25, 0.3) is 61.4 Å². The Morgan fingerprint density at radius 3 is 1.34 bits per heavy atom. The molecule has 0 aliphatic rings. The van der Waals surface area contributed by atoms with Gasteiger partial charge in [0.2, 0.25) is 5.95 Å². The van der Waals surface area contributed by atoms with Crippen molar-refractivity contribution < 1.29 is 9.47 Å². The highest BCUT2D eigenvalue weighted by atomic mass is 16.5. The molecule has 0 aliphatic heterocycles. The first-order chi connectivity index (χ1) is 27.3. The molecule has 7 nitrogen and oxygen atoms in total. The van der Waals surface area contributed by atoms with Gasteiger partial charge in [-0.3, -0.25) is 14.5 Å². The average Bonchev–Trinajstić information content (AvgIpc) is 3.56. The van der Waals surface area contributed by atoms with E-state index in [4.69, 9.17) is 19.4 Å². The fourth-order valence-electron chi connectivity index (χ4n) is 7.60. The molecule has 0 amide bonds. The van der Waals surface area contributed by atoms with Crippen molar-refractivity contribution in [3.05, 3.63) is 174 Å². The Balaban J connectivity index is 1.15. The Morgan fingerprint density at radius 1 is 0.411 bits per heavy atom. The molecule has 9 aromatic rings. The summed E-state index contributed by atoms with van der Waals surface area (Å²) in [5, 5.41) is 2.09. The van der Waals surface area contributed by atoms with Crippen LogP contribution in [0.4, 0.5) is 0 Å². The van der Waals surface area contributed by atoms with Crippen LogP contribution in [0, 0.1) is 34.6 Å². The summed E-state index contributed by atoms with van der Waals surface area (Å²) in [7, 11) is 0. The minimum atomic E-state index is 0.549. The van der Waals surface area contributed by atoms with Gasteiger partial charge in [-0.05, 0) is 141 Å². The van der Waals surface area contributed by atoms with E-state index in [1.54, 1.807) is 12.4 Å². The standard InChI is InChI=1S/C49H39N5O2/c1-30-31(2)33(4)48(34(5)32(30)3)37-28-52-49(53-29-37)54-46-26-40(55-38-14-10-12-35(24-38)44-16-6-8-22-50-44)18-20-42(46)43-21-19-41(27-47(43)54)56-39-15-11-13-36(25-39)45-17-7-9-23-51-45/h6-29H,1-5H3. The predicted octanol–water partition coefficient (Wildman–Crippen LogP) is 12.5. The maximum atomic E-state index is 6.51. The SMILES string of the molecule is Cc1c(C)c(C)c(-c2cnc(-n3c4cc(Oc5cccc(-c6ccccn6)c5)ccc4c4ccc(Oc5cccc(-c6ccccn6)c5)cc43)nc2)c(C)c1C. The zero-order valence-electron chi connectivity index (χ0n) is 31.9. The first-order valence-corrected chi connectivity index (χ1v) is 18.7. The summed E-state index contributed by atoms with van der Waals surface area (Å²) in [6.07, 6.45) is 7.48. The maximum absolute atomic E-state index is 6.51. The van der Waals surface area contributed by atoms with Gasteiger partial charge in [0.15, 0.2) is 0 Å². The van der Waals surface area contributed by atoms with E-state index in [-0.39, 0.29) is 0 Å². The lowest BCUT2D eigenvalue weighted by Crippen LogP contribution is -2.03. The van der Waals surface area contributed by atoms with Crippen molar-refractivity contribution >= 4 is 21.8 Å². The first-order valence-electron chi connectivity index (χ1n) is 18.7. The quantitative estimate of drug-likeness (QED) is 0.155. The Kier molecular flexibility index (Phi) is 8.82. The molecule has 7 heteroatoms. The third-order valence-electron chi connectivity index (χ3n) is 10.9. The van der Waals surface area contributed by atoms with Crippen LogP contribution in [0.5, 0.6) is 23.0 Å². The van der Waals surface area contributed by atoms with Crippen LogP contribution >= 0.6 is 0 Å². The molecule has 0 N–H and O–H groups in total. The second-order valence-corrected chi connectivity index (χ2v) is 14.2. The van der Waals surface area contributed by atoms with Gasteiger partial charge < -0.3 is 9.47 Å². The monoisotopic (exact) mass is 729 g/mol. The Morgan fingerprint density at radius 2 is 0.875 bits per heavy atom. The van der Waals surface area contributed by atoms with E-state index in [2.05, 4.69) is 73.4 Å². The van der Waals surface area contributed by atoms with E-state index in [0.717, 1.165) is 49.9 Å². The smallest absolute Gasteiger partial charge is 0.234 e. The van der Waals surface area contributed by atoms with Gasteiger partial charge in [0.05, 0.1) is 22.4 Å². The molecule has 0 fully saturated rings. The number of benzene rings is 5. The zero-order valence-corrected chi connectivity index (χ0v) is 31.9. The number of pyridine rings is 2. The number of aromatic nitrogens is 5. The van der Waals surface area contributed by atoms with E-state index in [1.807, 2.05) is 109 Å². The summed E-state index contributed by atoms with van der Waals surface area (Å²) in [6, 6.07) is 40.1. The van der Waals surface area contributed by atoms with Crippen LogP contribution in [0.1, 0.15) is 27.8 Å². The Hall–Kier alpha value is -7.12. The predicted molar refractivity (Wildman–Crippen MR) is 225 cm³/mol. The van der Waals surface area contributed by atoms with Crippen LogP contribution in [-0.4, -0.2) is 24.5 Å². The van der Waals surface area contributed by atoms with Gasteiger partial charge >= 0.3 is 0 Å². The number of nitrogens with zero attached hydrogens (tertiary/aromatic N) is 5. The largest absolute Gasteiger partial charge is 0.457 e. The molecule has 4 heterocycles. The molecule has 0 unspecified atom stereocenters. The lowest BCUT2D eigenvalue weighted by molar-refractivity contribution is 0.483. The first kappa shape index (κ1) is 34.6. The second-order valence-electron chi connectivity index (χ2n) is 14.2. The fourth-order valence-corrected chi connectivity index (χ4v) is 7.60. The summed E-state index contributed by atoms with van der Waals surface area (Å²) in [6.45, 7) is 11.0. The highest BCUT2D eigenvalue weighted by molar-refractivity contribution is 6.09. The van der Waals surface area contributed by atoms with Gasteiger partial charge in [0.25, 0.3) is 0 Å². The number of hydrogen-bond acceptors (Lipinski definition) is 6. The Labute approximate surface area is 325 Å². The van der Waals surface area contributed by atoms with Gasteiger partial charge in [-0.15, -0.1) is 0 Å². The zero-order chi connectivity index (χ0) is 38.3. The van der Waals surface area contributed by atoms with Crippen molar-refractivity contribution in [2.45, 2.75) is 34.6 Å². The van der Waals surface area contributed by atoms with Crippen molar-refractivity contribution in [2.75, 3.05) is 0 Å². The molecule has 0 bridgehead atoms. The lowest BCUT2D eigenvalue weighted by Gasteiger charge is -2.18. The molecule has 0 saturated carbocycles. The summed E-state index contributed by atoms with van der Waals surface area (Å²) in [5.41, 5.74) is 14.2. The second kappa shape index (κ2) is 14.3. The molecule has 0 saturated heterocycles. The van der Waals surface area contributed by atoms with Crippen LogP contribution in [-0.2, 0) is 0 Å². The van der Waals surface area contributed by atoms with E-state index in [0.29, 0.717) is 28.9 Å². The van der Waals surface area contributed by atoms with Crippen molar-refractivity contribution in [2.24, 2.45) is 0 Å². The lowest BCUT2D eigenvalue weighted by atomic mass is 9.87. The summed E-state index contributed by atoms with van der Waals surface area (Å²) < 4.78 is 15.1. The van der Waals surface area contributed by atoms with Gasteiger partial charge in [-0.2, -0.15) is 0 Å². The minimum Gasteiger partial charge on any atom is -0.457 e. The summed E-state index contributed by atoms with van der Waals surface area (Å²) in [4.78, 5) is 19.1. The van der Waals surface area contributed by atoms with Crippen molar-refractivity contribution in [3.8, 4) is 62.6 Å². The summed E-state index contributed by atoms with van der Waals surface area (Å²) in [5.74, 6) is 3.36. The summed E-state index contributed by atoms with van der Waals surface area (Å²) >= 11 is 0. The highest BCUT2D eigenvalue weighted by Crippen LogP contribution is 2.39. The van der Waals surface area contributed by atoms with Gasteiger partial charge in [0.1, 0.15) is 23.0 Å². The molecule has 0 radical (unpaired) electrons. The van der Waals surface area contributed by atoms with Crippen LogP contribution in [0.3, 0.4) is 0 Å². The average molecular weight is 730 g/mol. The van der Waals surface area contributed by atoms with Gasteiger partial charge in [-0.1, -0.05) is 36.4 Å². The third-order valence-corrected chi connectivity index (χ3v) is 10.9. The van der Waals surface area contributed by atoms with Gasteiger partial charge in [-0.25, -0.2) is 9.97 Å². The molecule has 9 rings (SSSR count). The molecule has 4 aromatic heterocycles. The highest BCUT2D eigenvalue weighted by Gasteiger charge is 2.19. The van der Waals surface area contributed by atoms with Crippen molar-refractivity contribution in [1.29, 1.82) is 0 Å². The normalized spacial score (nSPS) is 11.3. The van der Waals surface area contributed by atoms with Crippen molar-refractivity contribution in [3.63, 3.8) is 0 Å². The van der Waals surface area contributed by atoms with E-state index < -0.39 is 0 Å². The molecule has 0 atom stereocenters. The molecule has 0 aliphatic carbocycles. The molecular weight excluding hydrogens is 691 g/mol. The van der Waals surface area contributed by atoms with Crippen LogP contribution < -0.4 is 9.47 Å². The van der Waals surface area contributed by atoms with Gasteiger partial charge in [0, 0.05) is 64.4 Å². The maximum Gasteiger partial charge on any atom is 0.234 e. The molecule has 272 valence electrons. The third kappa shape index (κ3) is 6.33. The van der Waals surface area contributed by atoms with Crippen LogP contribution in [0.15, 0.2) is 146 Å². The number of rotatable bonds is 8. The fraction of sp³-hybridized carbons (Fsp3) is 0.102. The number of ether oxygens (including phenoxy) is 2. The van der Waals surface area contributed by atoms with E-state index in [1.165, 1.54) is 33.4 Å². The molecule has 0 spiro atoms. The molecular formula is C49H39N5O2. The topological polar surface area (TPSA) is 75.0 Å². The Bertz CT molecular complexity index is 2730. The molecule has 5 aromatic carbocycles. The van der Waals surface area contributed by atoms with E-state index >= 15 is 0 Å². The van der Waals surface area contributed by atoms with E-state index in [9.17, 15) is 0 Å². The number of hydrogen-bond donors (Lipinski definition) is 0. The molecule has 56 heavy (non-hydrogen) atoms. The van der Waals surface area contributed by atoms with Crippen LogP contribution in [0.2, 0.25) is 0 Å². The number of fused-ring (bicyclic) bond motifs is 3. The van der Waals surface area contributed by atoms with Crippen molar-refractivity contribution in [1.82, 2.24) is 24.5 Å².